The molecule has 86 valence electrons. The van der Waals surface area contributed by atoms with Gasteiger partial charge in [-0.25, -0.2) is 0 Å². The topological polar surface area (TPSA) is 46.5 Å². The van der Waals surface area contributed by atoms with Crippen molar-refractivity contribution in [3.05, 3.63) is 35.4 Å². The Hall–Kier alpha value is -1.19. The van der Waals surface area contributed by atoms with Gasteiger partial charge in [0.25, 0.3) is 0 Å². The minimum Gasteiger partial charge on any atom is -0.387 e. The fourth-order valence-electron chi connectivity index (χ4n) is 2.07. The van der Waals surface area contributed by atoms with Crippen LogP contribution in [-0.2, 0) is 11.2 Å². The maximum atomic E-state index is 10.5. The summed E-state index contributed by atoms with van der Waals surface area (Å²) in [5.41, 5.74) is 0.968. The lowest BCUT2D eigenvalue weighted by Crippen LogP contribution is -2.40. The Labute approximate surface area is 95.0 Å². The molecule has 1 aromatic carbocycles. The maximum Gasteiger partial charge on any atom is 0.150 e. The minimum absolute atomic E-state index is 0.405. The third kappa shape index (κ3) is 2.68. The summed E-state index contributed by atoms with van der Waals surface area (Å²) in [4.78, 5) is 10.5. The highest BCUT2D eigenvalue weighted by molar-refractivity contribution is 5.74. The third-order valence-corrected chi connectivity index (χ3v) is 2.95. The van der Waals surface area contributed by atoms with Crippen LogP contribution in [0.5, 0.6) is 0 Å². The van der Waals surface area contributed by atoms with Crippen LogP contribution in [0.2, 0.25) is 0 Å². The van der Waals surface area contributed by atoms with Gasteiger partial charge in [-0.1, -0.05) is 24.3 Å². The Morgan fingerprint density at radius 2 is 2.12 bits per heavy atom. The molecule has 1 aromatic rings. The average Bonchev–Trinajstić information content (AvgIpc) is 2.30. The minimum atomic E-state index is -0.735. The summed E-state index contributed by atoms with van der Waals surface area (Å²) in [6.45, 7) is 1.15. The molecule has 0 aromatic heterocycles. The molecular weight excluding hydrogens is 204 g/mol. The van der Waals surface area contributed by atoms with Crippen LogP contribution in [0.4, 0.5) is 0 Å². The van der Waals surface area contributed by atoms with Crippen LogP contribution >= 0.6 is 0 Å². The van der Waals surface area contributed by atoms with Gasteiger partial charge < -0.3 is 9.84 Å². The summed E-state index contributed by atoms with van der Waals surface area (Å²) in [5.74, 6) is 0. The summed E-state index contributed by atoms with van der Waals surface area (Å²) in [7, 11) is 0. The van der Waals surface area contributed by atoms with Crippen molar-refractivity contribution < 1.29 is 14.6 Å². The van der Waals surface area contributed by atoms with Gasteiger partial charge in [-0.15, -0.1) is 0 Å². The Morgan fingerprint density at radius 3 is 2.69 bits per heavy atom. The van der Waals surface area contributed by atoms with Gasteiger partial charge in [-0.2, -0.15) is 0 Å². The first kappa shape index (κ1) is 11.3. The molecule has 0 saturated carbocycles. The van der Waals surface area contributed by atoms with Gasteiger partial charge in [0, 0.05) is 18.6 Å². The molecule has 0 spiro atoms. The predicted molar refractivity (Wildman–Crippen MR) is 60.5 cm³/mol. The van der Waals surface area contributed by atoms with E-state index in [1.807, 2.05) is 12.1 Å². The van der Waals surface area contributed by atoms with Gasteiger partial charge in [0.15, 0.2) is 0 Å². The molecule has 0 bridgehead atoms. The number of benzene rings is 1. The molecule has 1 heterocycles. The molecule has 1 atom stereocenters. The fraction of sp³-hybridized carbons (Fsp3) is 0.462. The SMILES string of the molecule is O=Cc1ccc(CC2(O)CCCOC2)cc1. The molecule has 1 aliphatic rings. The Balaban J connectivity index is 2.04. The summed E-state index contributed by atoms with van der Waals surface area (Å²) >= 11 is 0. The van der Waals surface area contributed by atoms with Gasteiger partial charge in [0.1, 0.15) is 6.29 Å². The Bertz CT molecular complexity index is 350. The highest BCUT2D eigenvalue weighted by Gasteiger charge is 2.30. The largest absolute Gasteiger partial charge is 0.387 e. The molecule has 16 heavy (non-hydrogen) atoms. The van der Waals surface area contributed by atoms with Gasteiger partial charge in [0.2, 0.25) is 0 Å². The Morgan fingerprint density at radius 1 is 1.38 bits per heavy atom. The summed E-state index contributed by atoms with van der Waals surface area (Å²) in [6, 6.07) is 7.32. The molecule has 1 aliphatic heterocycles. The number of hydrogen-bond acceptors (Lipinski definition) is 3. The average molecular weight is 220 g/mol. The summed E-state index contributed by atoms with van der Waals surface area (Å²) in [6.07, 6.45) is 3.10. The van der Waals surface area contributed by atoms with Crippen molar-refractivity contribution in [2.24, 2.45) is 0 Å². The van der Waals surface area contributed by atoms with Crippen LogP contribution in [0.1, 0.15) is 28.8 Å². The van der Waals surface area contributed by atoms with Crippen LogP contribution < -0.4 is 0 Å². The van der Waals surface area contributed by atoms with Crippen molar-refractivity contribution in [2.45, 2.75) is 24.9 Å². The van der Waals surface area contributed by atoms with Crippen LogP contribution in [0.25, 0.3) is 0 Å². The van der Waals surface area contributed by atoms with E-state index in [0.717, 1.165) is 31.3 Å². The zero-order valence-electron chi connectivity index (χ0n) is 9.19. The van der Waals surface area contributed by atoms with Crippen molar-refractivity contribution in [3.8, 4) is 0 Å². The first-order valence-corrected chi connectivity index (χ1v) is 5.56. The smallest absolute Gasteiger partial charge is 0.150 e. The van der Waals surface area contributed by atoms with Crippen LogP contribution in [0, 0.1) is 0 Å². The normalized spacial score (nSPS) is 25.3. The molecule has 0 amide bonds. The van der Waals surface area contributed by atoms with E-state index in [1.54, 1.807) is 12.1 Å². The van der Waals surface area contributed by atoms with Crippen molar-refractivity contribution in [1.29, 1.82) is 0 Å². The maximum absolute atomic E-state index is 10.5. The Kier molecular flexibility index (Phi) is 3.36. The molecule has 1 N–H and O–H groups in total. The van der Waals surface area contributed by atoms with E-state index in [0.29, 0.717) is 18.6 Å². The molecule has 1 fully saturated rings. The van der Waals surface area contributed by atoms with Gasteiger partial charge in [0.05, 0.1) is 12.2 Å². The van der Waals surface area contributed by atoms with E-state index in [2.05, 4.69) is 0 Å². The number of rotatable bonds is 3. The van der Waals surface area contributed by atoms with Crippen LogP contribution in [-0.4, -0.2) is 30.2 Å². The number of aldehydes is 1. The van der Waals surface area contributed by atoms with Gasteiger partial charge >= 0.3 is 0 Å². The molecule has 0 radical (unpaired) electrons. The molecule has 3 nitrogen and oxygen atoms in total. The third-order valence-electron chi connectivity index (χ3n) is 2.95. The van der Waals surface area contributed by atoms with Gasteiger partial charge in [-0.05, 0) is 18.4 Å². The molecule has 1 saturated heterocycles. The molecule has 2 rings (SSSR count). The molecule has 1 unspecified atom stereocenters. The van der Waals surface area contributed by atoms with Crippen molar-refractivity contribution in [2.75, 3.05) is 13.2 Å². The molecule has 3 heteroatoms. The zero-order valence-corrected chi connectivity index (χ0v) is 9.19. The number of ether oxygens (including phenoxy) is 1. The highest BCUT2D eigenvalue weighted by atomic mass is 16.5. The van der Waals surface area contributed by atoms with E-state index < -0.39 is 5.60 Å². The predicted octanol–water partition coefficient (Wildman–Crippen LogP) is 1.58. The monoisotopic (exact) mass is 220 g/mol. The lowest BCUT2D eigenvalue weighted by atomic mass is 9.89. The van der Waals surface area contributed by atoms with Crippen molar-refractivity contribution in [3.63, 3.8) is 0 Å². The van der Waals surface area contributed by atoms with Crippen LogP contribution in [0.15, 0.2) is 24.3 Å². The number of carbonyl (C=O) groups excluding carboxylic acids is 1. The van der Waals surface area contributed by atoms with E-state index in [4.69, 9.17) is 4.74 Å². The van der Waals surface area contributed by atoms with E-state index in [9.17, 15) is 9.90 Å². The summed E-state index contributed by atoms with van der Waals surface area (Å²) in [5, 5.41) is 10.3. The fourth-order valence-corrected chi connectivity index (χ4v) is 2.07. The van der Waals surface area contributed by atoms with Gasteiger partial charge in [-0.3, -0.25) is 4.79 Å². The lowest BCUT2D eigenvalue weighted by molar-refractivity contribution is -0.0844. The number of aliphatic hydroxyl groups is 1. The summed E-state index contributed by atoms with van der Waals surface area (Å²) < 4.78 is 5.30. The lowest BCUT2D eigenvalue weighted by Gasteiger charge is -2.32. The second kappa shape index (κ2) is 4.76. The van der Waals surface area contributed by atoms with E-state index in [1.165, 1.54) is 0 Å². The number of hydrogen-bond donors (Lipinski definition) is 1. The first-order chi connectivity index (χ1) is 7.72. The molecule has 0 aliphatic carbocycles. The second-order valence-corrected chi connectivity index (χ2v) is 4.42. The van der Waals surface area contributed by atoms with Crippen LogP contribution in [0.3, 0.4) is 0 Å². The number of carbonyl (C=O) groups is 1. The van der Waals surface area contributed by atoms with E-state index >= 15 is 0 Å². The standard InChI is InChI=1S/C13H16O3/c14-9-12-4-2-11(3-5-12)8-13(15)6-1-7-16-10-13/h2-5,9,15H,1,6-8,10H2. The first-order valence-electron chi connectivity index (χ1n) is 5.56. The molecular formula is C13H16O3. The van der Waals surface area contributed by atoms with E-state index in [-0.39, 0.29) is 0 Å². The van der Waals surface area contributed by atoms with Crippen molar-refractivity contribution in [1.82, 2.24) is 0 Å². The quantitative estimate of drug-likeness (QED) is 0.787. The zero-order chi connectivity index (χ0) is 11.4. The van der Waals surface area contributed by atoms with Crippen molar-refractivity contribution >= 4 is 6.29 Å². The highest BCUT2D eigenvalue weighted by Crippen LogP contribution is 2.23. The second-order valence-electron chi connectivity index (χ2n) is 4.42.